The van der Waals surface area contributed by atoms with E-state index >= 15 is 0 Å². The van der Waals surface area contributed by atoms with E-state index in [9.17, 15) is 0 Å². The lowest BCUT2D eigenvalue weighted by atomic mass is 10.1. The van der Waals surface area contributed by atoms with Gasteiger partial charge in [-0.25, -0.2) is 0 Å². The Kier molecular flexibility index (Phi) is 3.94. The molecule has 72 valence electrons. The van der Waals surface area contributed by atoms with Gasteiger partial charge in [-0.3, -0.25) is 0 Å². The van der Waals surface area contributed by atoms with E-state index in [0.717, 1.165) is 6.42 Å². The molecule has 1 saturated heterocycles. The molecule has 2 atom stereocenters. The van der Waals surface area contributed by atoms with E-state index in [1.807, 2.05) is 0 Å². The Morgan fingerprint density at radius 2 is 1.92 bits per heavy atom. The number of rotatable bonds is 4. The third-order valence-corrected chi connectivity index (χ3v) is 2.13. The molecule has 1 heterocycles. The zero-order valence-electron chi connectivity index (χ0n) is 7.78. The van der Waals surface area contributed by atoms with Crippen molar-refractivity contribution in [3.05, 3.63) is 0 Å². The quantitative estimate of drug-likeness (QED) is 0.588. The summed E-state index contributed by atoms with van der Waals surface area (Å²) in [6, 6.07) is 0. The average Bonchev–Trinajstić information content (AvgIpc) is 2.55. The first kappa shape index (κ1) is 9.92. The lowest BCUT2D eigenvalue weighted by molar-refractivity contribution is -0.195. The van der Waals surface area contributed by atoms with Crippen LogP contribution >= 0.6 is 0 Å². The molecule has 0 radical (unpaired) electrons. The zero-order valence-corrected chi connectivity index (χ0v) is 7.78. The Morgan fingerprint density at radius 3 is 2.42 bits per heavy atom. The van der Waals surface area contributed by atoms with Crippen molar-refractivity contribution in [3.8, 4) is 0 Å². The molecule has 4 heteroatoms. The van der Waals surface area contributed by atoms with Gasteiger partial charge in [-0.05, 0) is 6.42 Å². The second kappa shape index (κ2) is 4.77. The van der Waals surface area contributed by atoms with Gasteiger partial charge in [0.05, 0.1) is 12.5 Å². The molecule has 0 bridgehead atoms. The van der Waals surface area contributed by atoms with Gasteiger partial charge < -0.3 is 18.9 Å². The minimum atomic E-state index is -0.225. The van der Waals surface area contributed by atoms with E-state index in [-0.39, 0.29) is 18.5 Å². The number of ether oxygens (including phenoxy) is 4. The van der Waals surface area contributed by atoms with E-state index in [2.05, 4.69) is 0 Å². The first-order chi connectivity index (χ1) is 5.83. The minimum absolute atomic E-state index is 0.185. The summed E-state index contributed by atoms with van der Waals surface area (Å²) in [6.07, 6.45) is 0.512. The van der Waals surface area contributed by atoms with Crippen molar-refractivity contribution < 1.29 is 18.9 Å². The lowest BCUT2D eigenvalue weighted by Gasteiger charge is -2.23. The highest BCUT2D eigenvalue weighted by atomic mass is 16.7. The third-order valence-electron chi connectivity index (χ3n) is 2.13. The molecular weight excluding hydrogens is 160 g/mol. The van der Waals surface area contributed by atoms with Crippen LogP contribution in [-0.4, -0.2) is 40.5 Å². The van der Waals surface area contributed by atoms with Gasteiger partial charge in [0.1, 0.15) is 0 Å². The summed E-state index contributed by atoms with van der Waals surface area (Å²) in [7, 11) is 4.88. The number of hydrogen-bond acceptors (Lipinski definition) is 4. The van der Waals surface area contributed by atoms with Crippen molar-refractivity contribution in [3.63, 3.8) is 0 Å². The van der Waals surface area contributed by atoms with Gasteiger partial charge in [0.25, 0.3) is 0 Å². The van der Waals surface area contributed by atoms with Crippen LogP contribution in [-0.2, 0) is 18.9 Å². The molecule has 0 spiro atoms. The molecule has 0 unspecified atom stereocenters. The van der Waals surface area contributed by atoms with Gasteiger partial charge in [-0.1, -0.05) is 0 Å². The van der Waals surface area contributed by atoms with Crippen LogP contribution in [0.2, 0.25) is 0 Å². The van der Waals surface area contributed by atoms with Crippen molar-refractivity contribution >= 4 is 0 Å². The molecule has 0 aliphatic carbocycles. The zero-order chi connectivity index (χ0) is 8.97. The Balaban J connectivity index is 2.47. The summed E-state index contributed by atoms with van der Waals surface area (Å²) >= 11 is 0. The first-order valence-electron chi connectivity index (χ1n) is 4.03. The molecule has 0 saturated carbocycles. The molecule has 0 aromatic heterocycles. The van der Waals surface area contributed by atoms with Crippen LogP contribution in [0, 0.1) is 5.92 Å². The molecule has 12 heavy (non-hydrogen) atoms. The van der Waals surface area contributed by atoms with Crippen molar-refractivity contribution in [1.29, 1.82) is 0 Å². The van der Waals surface area contributed by atoms with Crippen molar-refractivity contribution in [2.24, 2.45) is 5.92 Å². The minimum Gasteiger partial charge on any atom is -0.355 e. The Hall–Kier alpha value is -0.160. The van der Waals surface area contributed by atoms with Crippen LogP contribution in [0.15, 0.2) is 0 Å². The summed E-state index contributed by atoms with van der Waals surface area (Å²) in [4.78, 5) is 0. The Bertz CT molecular complexity index is 124. The standard InChI is InChI=1S/C8H16O4/c1-9-7(10-2)6-4-5-12-8(6)11-3/h6-8H,4-5H2,1-3H3/t6-,8-/m1/s1. The lowest BCUT2D eigenvalue weighted by Crippen LogP contribution is -2.32. The van der Waals surface area contributed by atoms with Gasteiger partial charge in [0.15, 0.2) is 12.6 Å². The van der Waals surface area contributed by atoms with E-state index in [0.29, 0.717) is 6.61 Å². The topological polar surface area (TPSA) is 36.9 Å². The third kappa shape index (κ3) is 1.95. The molecule has 0 aromatic carbocycles. The fraction of sp³-hybridized carbons (Fsp3) is 1.00. The smallest absolute Gasteiger partial charge is 0.164 e. The summed E-state index contributed by atoms with van der Waals surface area (Å²) < 4.78 is 20.7. The van der Waals surface area contributed by atoms with Gasteiger partial charge in [-0.2, -0.15) is 0 Å². The van der Waals surface area contributed by atoms with E-state index < -0.39 is 0 Å². The van der Waals surface area contributed by atoms with Crippen molar-refractivity contribution in [2.75, 3.05) is 27.9 Å². The summed E-state index contributed by atoms with van der Waals surface area (Å²) in [5.41, 5.74) is 0. The predicted molar refractivity (Wildman–Crippen MR) is 42.7 cm³/mol. The highest BCUT2D eigenvalue weighted by Gasteiger charge is 2.35. The second-order valence-corrected chi connectivity index (χ2v) is 2.77. The van der Waals surface area contributed by atoms with E-state index in [1.54, 1.807) is 21.3 Å². The SMILES string of the molecule is COC(OC)[C@H]1CCO[C@H]1OC. The maximum absolute atomic E-state index is 5.32. The molecule has 1 fully saturated rings. The van der Waals surface area contributed by atoms with Crippen LogP contribution < -0.4 is 0 Å². The molecular formula is C8H16O4. The summed E-state index contributed by atoms with van der Waals surface area (Å²) in [5.74, 6) is 0.185. The maximum Gasteiger partial charge on any atom is 0.164 e. The molecule has 1 aliphatic rings. The predicted octanol–water partition coefficient (Wildman–Crippen LogP) is 0.614. The highest BCUT2D eigenvalue weighted by Crippen LogP contribution is 2.26. The number of hydrogen-bond donors (Lipinski definition) is 0. The normalized spacial score (nSPS) is 30.0. The molecule has 0 aromatic rings. The molecule has 4 nitrogen and oxygen atoms in total. The monoisotopic (exact) mass is 176 g/mol. The van der Waals surface area contributed by atoms with Gasteiger partial charge in [0, 0.05) is 21.3 Å². The van der Waals surface area contributed by atoms with Gasteiger partial charge >= 0.3 is 0 Å². The average molecular weight is 176 g/mol. The summed E-state index contributed by atoms with van der Waals surface area (Å²) in [5, 5.41) is 0. The highest BCUT2D eigenvalue weighted by molar-refractivity contribution is 4.72. The van der Waals surface area contributed by atoms with E-state index in [1.165, 1.54) is 0 Å². The molecule has 1 rings (SSSR count). The number of methoxy groups -OCH3 is 3. The van der Waals surface area contributed by atoms with Crippen LogP contribution in [0.1, 0.15) is 6.42 Å². The van der Waals surface area contributed by atoms with Crippen LogP contribution in [0.3, 0.4) is 0 Å². The maximum atomic E-state index is 5.32. The fourth-order valence-corrected chi connectivity index (χ4v) is 1.53. The Morgan fingerprint density at radius 1 is 1.25 bits per heavy atom. The first-order valence-corrected chi connectivity index (χ1v) is 4.03. The van der Waals surface area contributed by atoms with Gasteiger partial charge in [-0.15, -0.1) is 0 Å². The molecule has 1 aliphatic heterocycles. The van der Waals surface area contributed by atoms with E-state index in [4.69, 9.17) is 18.9 Å². The van der Waals surface area contributed by atoms with Crippen molar-refractivity contribution in [2.45, 2.75) is 19.0 Å². The Labute approximate surface area is 72.7 Å². The van der Waals surface area contributed by atoms with Crippen LogP contribution in [0.5, 0.6) is 0 Å². The van der Waals surface area contributed by atoms with Gasteiger partial charge in [0.2, 0.25) is 0 Å². The molecule has 0 N–H and O–H groups in total. The van der Waals surface area contributed by atoms with Crippen molar-refractivity contribution in [1.82, 2.24) is 0 Å². The fourth-order valence-electron chi connectivity index (χ4n) is 1.53. The van der Waals surface area contributed by atoms with Crippen LogP contribution in [0.4, 0.5) is 0 Å². The molecule has 0 amide bonds. The van der Waals surface area contributed by atoms with Crippen LogP contribution in [0.25, 0.3) is 0 Å². The summed E-state index contributed by atoms with van der Waals surface area (Å²) in [6.45, 7) is 0.715. The largest absolute Gasteiger partial charge is 0.355 e. The second-order valence-electron chi connectivity index (χ2n) is 2.77.